The zero-order chi connectivity index (χ0) is 24.2. The number of hydrogen-bond acceptors (Lipinski definition) is 4. The highest BCUT2D eigenvalue weighted by atomic mass is 19.1. The molecule has 1 fully saturated rings. The number of benzene rings is 3. The lowest BCUT2D eigenvalue weighted by Gasteiger charge is -2.22. The number of carbonyl (C=O) groups excluding carboxylic acids is 3. The van der Waals surface area contributed by atoms with Gasteiger partial charge in [0.25, 0.3) is 5.91 Å². The van der Waals surface area contributed by atoms with E-state index in [9.17, 15) is 18.8 Å². The maximum Gasteiger partial charge on any atom is 0.332 e. The van der Waals surface area contributed by atoms with E-state index >= 15 is 0 Å². The van der Waals surface area contributed by atoms with Crippen molar-refractivity contribution in [3.63, 3.8) is 0 Å². The Morgan fingerprint density at radius 2 is 1.74 bits per heavy atom. The van der Waals surface area contributed by atoms with E-state index < -0.39 is 29.7 Å². The van der Waals surface area contributed by atoms with Gasteiger partial charge in [0.1, 0.15) is 17.6 Å². The molecule has 1 N–H and O–H groups in total. The summed E-state index contributed by atoms with van der Waals surface area (Å²) in [5.41, 5.74) is 2.49. The van der Waals surface area contributed by atoms with Crippen molar-refractivity contribution in [2.75, 3.05) is 17.3 Å². The number of rotatable bonds is 7. The first-order valence-corrected chi connectivity index (χ1v) is 10.8. The summed E-state index contributed by atoms with van der Waals surface area (Å²) in [5.74, 6) is -0.810. The van der Waals surface area contributed by atoms with Gasteiger partial charge in [-0.2, -0.15) is 0 Å². The van der Waals surface area contributed by atoms with E-state index in [-0.39, 0.29) is 18.7 Å². The van der Waals surface area contributed by atoms with Gasteiger partial charge in [0, 0.05) is 12.2 Å². The van der Waals surface area contributed by atoms with Gasteiger partial charge in [-0.25, -0.2) is 14.1 Å². The van der Waals surface area contributed by atoms with Crippen LogP contribution in [0.4, 0.5) is 20.6 Å². The van der Waals surface area contributed by atoms with Crippen LogP contribution in [-0.4, -0.2) is 35.9 Å². The number of amides is 4. The second kappa shape index (κ2) is 9.74. The van der Waals surface area contributed by atoms with Crippen LogP contribution in [0.3, 0.4) is 0 Å². The summed E-state index contributed by atoms with van der Waals surface area (Å²) in [5, 5.41) is 2.60. The third kappa shape index (κ3) is 4.91. The van der Waals surface area contributed by atoms with Crippen LogP contribution in [0.25, 0.3) is 0 Å². The van der Waals surface area contributed by atoms with Crippen LogP contribution >= 0.6 is 0 Å². The van der Waals surface area contributed by atoms with Gasteiger partial charge in [0.15, 0.2) is 0 Å². The molecule has 0 spiro atoms. The lowest BCUT2D eigenvalue weighted by molar-refractivity contribution is -0.124. The fraction of sp³-hybridized carbons (Fsp3) is 0.192. The summed E-state index contributed by atoms with van der Waals surface area (Å²) in [6, 6.07) is 18.1. The van der Waals surface area contributed by atoms with E-state index in [0.29, 0.717) is 11.4 Å². The number of nitrogens with one attached hydrogen (secondary N) is 1. The fourth-order valence-corrected chi connectivity index (χ4v) is 3.83. The first kappa shape index (κ1) is 23.0. The summed E-state index contributed by atoms with van der Waals surface area (Å²) in [4.78, 5) is 41.9. The molecule has 1 aliphatic rings. The van der Waals surface area contributed by atoms with Gasteiger partial charge in [0.05, 0.1) is 19.2 Å². The van der Waals surface area contributed by atoms with Gasteiger partial charge in [-0.15, -0.1) is 0 Å². The summed E-state index contributed by atoms with van der Waals surface area (Å²) >= 11 is 0. The van der Waals surface area contributed by atoms with Crippen molar-refractivity contribution in [1.29, 1.82) is 0 Å². The molecule has 4 rings (SSSR count). The molecule has 8 heteroatoms. The molecule has 3 aromatic rings. The zero-order valence-electron chi connectivity index (χ0n) is 18.8. The van der Waals surface area contributed by atoms with Crippen LogP contribution in [-0.2, 0) is 16.1 Å². The molecule has 0 aromatic heterocycles. The average molecular weight is 461 g/mol. The molecule has 1 saturated heterocycles. The van der Waals surface area contributed by atoms with Crippen molar-refractivity contribution in [3.05, 3.63) is 89.7 Å². The lowest BCUT2D eigenvalue weighted by Crippen LogP contribution is -2.37. The molecule has 1 unspecified atom stereocenters. The minimum atomic E-state index is -1.01. The van der Waals surface area contributed by atoms with Gasteiger partial charge < -0.3 is 15.0 Å². The number of ether oxygens (including phenoxy) is 1. The summed E-state index contributed by atoms with van der Waals surface area (Å²) in [7, 11) is 1.56. The number of imide groups is 1. The second-order valence-electron chi connectivity index (χ2n) is 8.05. The predicted molar refractivity (Wildman–Crippen MR) is 126 cm³/mol. The molecule has 0 saturated carbocycles. The van der Waals surface area contributed by atoms with Gasteiger partial charge in [-0.1, -0.05) is 35.9 Å². The van der Waals surface area contributed by atoms with Crippen LogP contribution < -0.4 is 15.0 Å². The fourth-order valence-electron chi connectivity index (χ4n) is 3.83. The predicted octanol–water partition coefficient (Wildman–Crippen LogP) is 4.51. The maximum absolute atomic E-state index is 13.5. The van der Waals surface area contributed by atoms with Crippen molar-refractivity contribution in [3.8, 4) is 5.75 Å². The zero-order valence-corrected chi connectivity index (χ0v) is 18.8. The number of aryl methyl sites for hydroxylation is 1. The summed E-state index contributed by atoms with van der Waals surface area (Å²) < 4.78 is 18.7. The van der Waals surface area contributed by atoms with Gasteiger partial charge in [-0.3, -0.25) is 9.59 Å². The molecule has 34 heavy (non-hydrogen) atoms. The van der Waals surface area contributed by atoms with Crippen LogP contribution in [0, 0.1) is 12.7 Å². The number of halogens is 1. The van der Waals surface area contributed by atoms with Crippen LogP contribution in [0.2, 0.25) is 0 Å². The Labute approximate surface area is 196 Å². The van der Waals surface area contributed by atoms with Crippen LogP contribution in [0.5, 0.6) is 5.75 Å². The molecular weight excluding hydrogens is 437 g/mol. The lowest BCUT2D eigenvalue weighted by atomic mass is 10.1. The van der Waals surface area contributed by atoms with Crippen molar-refractivity contribution in [1.82, 2.24) is 4.90 Å². The smallest absolute Gasteiger partial charge is 0.332 e. The molecule has 4 amide bonds. The topological polar surface area (TPSA) is 79.0 Å². The SMILES string of the molecule is COc1ccc(CN2C(=O)N(c3ccc(C)cc3)C(=O)C2CC(=O)Nc2cccc(F)c2)cc1. The first-order chi connectivity index (χ1) is 16.4. The molecule has 0 bridgehead atoms. The summed E-state index contributed by atoms with van der Waals surface area (Å²) in [6.45, 7) is 2.04. The first-order valence-electron chi connectivity index (χ1n) is 10.8. The van der Waals surface area contributed by atoms with E-state index in [2.05, 4.69) is 5.32 Å². The molecular formula is C26H24FN3O4. The number of anilines is 2. The van der Waals surface area contributed by atoms with Crippen molar-refractivity contribution in [2.24, 2.45) is 0 Å². The number of urea groups is 1. The van der Waals surface area contributed by atoms with Crippen LogP contribution in [0.1, 0.15) is 17.5 Å². The highest BCUT2D eigenvalue weighted by Crippen LogP contribution is 2.29. The quantitative estimate of drug-likeness (QED) is 0.525. The minimum absolute atomic E-state index is 0.134. The Morgan fingerprint density at radius 3 is 2.38 bits per heavy atom. The van der Waals surface area contributed by atoms with Crippen LogP contribution in [0.15, 0.2) is 72.8 Å². The summed E-state index contributed by atoms with van der Waals surface area (Å²) in [6.07, 6.45) is -0.264. The third-order valence-corrected chi connectivity index (χ3v) is 5.61. The molecule has 1 atom stereocenters. The normalized spacial score (nSPS) is 15.6. The van der Waals surface area contributed by atoms with Gasteiger partial charge in [-0.05, 0) is 55.0 Å². The van der Waals surface area contributed by atoms with E-state index in [1.54, 1.807) is 49.6 Å². The highest BCUT2D eigenvalue weighted by Gasteiger charge is 2.46. The largest absolute Gasteiger partial charge is 0.497 e. The number of methoxy groups -OCH3 is 1. The monoisotopic (exact) mass is 461 g/mol. The third-order valence-electron chi connectivity index (χ3n) is 5.61. The van der Waals surface area contributed by atoms with Crippen molar-refractivity contribution >= 4 is 29.2 Å². The number of nitrogens with zero attached hydrogens (tertiary/aromatic N) is 2. The van der Waals surface area contributed by atoms with Gasteiger partial charge in [0.2, 0.25) is 5.91 Å². The Kier molecular flexibility index (Phi) is 6.58. The standard InChI is InChI=1S/C26H24FN3O4/c1-17-6-10-21(11-7-17)30-25(32)23(15-24(31)28-20-5-3-4-19(27)14-20)29(26(30)33)16-18-8-12-22(34-2)13-9-18/h3-14,23H,15-16H2,1-2H3,(H,28,31). The Balaban J connectivity index is 1.60. The van der Waals surface area contributed by atoms with E-state index in [1.165, 1.54) is 23.1 Å². The van der Waals surface area contributed by atoms with Gasteiger partial charge >= 0.3 is 6.03 Å². The Bertz CT molecular complexity index is 1210. The van der Waals surface area contributed by atoms with Crippen molar-refractivity contribution < 1.29 is 23.5 Å². The Hall–Kier alpha value is -4.20. The average Bonchev–Trinajstić information content (AvgIpc) is 3.04. The maximum atomic E-state index is 13.5. The second-order valence-corrected chi connectivity index (χ2v) is 8.05. The molecule has 0 aliphatic carbocycles. The number of carbonyl (C=O) groups is 3. The van der Waals surface area contributed by atoms with E-state index in [1.807, 2.05) is 19.1 Å². The minimum Gasteiger partial charge on any atom is -0.497 e. The molecule has 3 aromatic carbocycles. The van der Waals surface area contributed by atoms with Crippen molar-refractivity contribution in [2.45, 2.75) is 25.9 Å². The molecule has 174 valence electrons. The Morgan fingerprint density at radius 1 is 1.03 bits per heavy atom. The molecule has 1 aliphatic heterocycles. The molecule has 7 nitrogen and oxygen atoms in total. The highest BCUT2D eigenvalue weighted by molar-refractivity contribution is 6.22. The molecule has 1 heterocycles. The number of hydrogen-bond donors (Lipinski definition) is 1. The molecule has 0 radical (unpaired) electrons. The van der Waals surface area contributed by atoms with E-state index in [4.69, 9.17) is 4.74 Å². The van der Waals surface area contributed by atoms with E-state index in [0.717, 1.165) is 16.0 Å².